The van der Waals surface area contributed by atoms with Crippen LogP contribution in [0, 0.1) is 0 Å². The fourth-order valence-electron chi connectivity index (χ4n) is 1.83. The molecule has 0 aliphatic heterocycles. The minimum Gasteiger partial charge on any atom is -0.390 e. The number of rotatable bonds is 7. The molecule has 0 aliphatic rings. The second kappa shape index (κ2) is 6.49. The summed E-state index contributed by atoms with van der Waals surface area (Å²) >= 11 is 1.42. The van der Waals surface area contributed by atoms with Crippen molar-refractivity contribution in [2.24, 2.45) is 0 Å². The number of hydrogen-bond donors (Lipinski definition) is 2. The lowest BCUT2D eigenvalue weighted by atomic mass is 10.4. The van der Waals surface area contributed by atoms with Crippen LogP contribution in [-0.2, 0) is 29.7 Å². The van der Waals surface area contributed by atoms with Crippen molar-refractivity contribution >= 4 is 21.4 Å². The van der Waals surface area contributed by atoms with Crippen LogP contribution >= 0.6 is 11.3 Å². The summed E-state index contributed by atoms with van der Waals surface area (Å²) in [7, 11) is -3.58. The van der Waals surface area contributed by atoms with Gasteiger partial charge < -0.3 is 9.67 Å². The average molecular weight is 315 g/mol. The highest BCUT2D eigenvalue weighted by Crippen LogP contribution is 2.15. The van der Waals surface area contributed by atoms with E-state index in [1.165, 1.54) is 17.4 Å². The SMILES string of the molecule is CCCn1cc(S(=O)(=O)NCc2cscn2)cc1CO. The molecular formula is C12H17N3O3S2. The van der Waals surface area contributed by atoms with Gasteiger partial charge in [-0.1, -0.05) is 6.92 Å². The number of aliphatic hydroxyl groups excluding tert-OH is 1. The van der Waals surface area contributed by atoms with Gasteiger partial charge in [-0.25, -0.2) is 18.1 Å². The Hall–Kier alpha value is -1.22. The molecule has 2 rings (SSSR count). The highest BCUT2D eigenvalue weighted by atomic mass is 32.2. The largest absolute Gasteiger partial charge is 0.390 e. The van der Waals surface area contributed by atoms with Gasteiger partial charge in [-0.2, -0.15) is 0 Å². The summed E-state index contributed by atoms with van der Waals surface area (Å²) in [6.45, 7) is 2.66. The molecule has 0 aliphatic carbocycles. The van der Waals surface area contributed by atoms with Crippen molar-refractivity contribution in [1.82, 2.24) is 14.3 Å². The van der Waals surface area contributed by atoms with Crippen molar-refractivity contribution in [2.45, 2.75) is 37.9 Å². The van der Waals surface area contributed by atoms with Gasteiger partial charge in [0.05, 0.1) is 29.3 Å². The number of hydrogen-bond acceptors (Lipinski definition) is 5. The molecule has 0 spiro atoms. The summed E-state index contributed by atoms with van der Waals surface area (Å²) in [6.07, 6.45) is 2.42. The van der Waals surface area contributed by atoms with Crippen LogP contribution in [-0.4, -0.2) is 23.1 Å². The van der Waals surface area contributed by atoms with Crippen LogP contribution in [0.2, 0.25) is 0 Å². The third kappa shape index (κ3) is 3.45. The average Bonchev–Trinajstić information content (AvgIpc) is 3.06. The zero-order valence-electron chi connectivity index (χ0n) is 11.1. The van der Waals surface area contributed by atoms with Crippen molar-refractivity contribution in [3.8, 4) is 0 Å². The molecule has 0 bridgehead atoms. The monoisotopic (exact) mass is 315 g/mol. The van der Waals surface area contributed by atoms with Gasteiger partial charge in [-0.15, -0.1) is 11.3 Å². The molecule has 110 valence electrons. The van der Waals surface area contributed by atoms with Gasteiger partial charge in [-0.05, 0) is 12.5 Å². The lowest BCUT2D eigenvalue weighted by molar-refractivity contribution is 0.270. The molecule has 0 fully saturated rings. The smallest absolute Gasteiger partial charge is 0.242 e. The molecular weight excluding hydrogens is 298 g/mol. The number of thiazole rings is 1. The molecule has 0 saturated heterocycles. The predicted molar refractivity (Wildman–Crippen MR) is 76.8 cm³/mol. The highest BCUT2D eigenvalue weighted by Gasteiger charge is 2.18. The number of aryl methyl sites for hydroxylation is 1. The maximum absolute atomic E-state index is 12.2. The van der Waals surface area contributed by atoms with Crippen molar-refractivity contribution in [3.05, 3.63) is 34.5 Å². The number of sulfonamides is 1. The Balaban J connectivity index is 2.16. The topological polar surface area (TPSA) is 84.2 Å². The van der Waals surface area contributed by atoms with Crippen molar-refractivity contribution in [2.75, 3.05) is 0 Å². The van der Waals surface area contributed by atoms with E-state index in [1.54, 1.807) is 21.7 Å². The zero-order chi connectivity index (χ0) is 14.6. The van der Waals surface area contributed by atoms with E-state index in [0.717, 1.165) is 6.42 Å². The van der Waals surface area contributed by atoms with Gasteiger partial charge >= 0.3 is 0 Å². The van der Waals surface area contributed by atoms with E-state index in [1.807, 2.05) is 6.92 Å². The van der Waals surface area contributed by atoms with E-state index < -0.39 is 10.0 Å². The normalized spacial score (nSPS) is 11.9. The van der Waals surface area contributed by atoms with E-state index in [0.29, 0.717) is 17.9 Å². The Morgan fingerprint density at radius 2 is 2.30 bits per heavy atom. The third-order valence-corrected chi connectivity index (χ3v) is 4.83. The molecule has 0 amide bonds. The Morgan fingerprint density at radius 1 is 1.50 bits per heavy atom. The summed E-state index contributed by atoms with van der Waals surface area (Å²) in [5.74, 6) is 0. The van der Waals surface area contributed by atoms with Crippen molar-refractivity contribution in [1.29, 1.82) is 0 Å². The molecule has 0 atom stereocenters. The van der Waals surface area contributed by atoms with Gasteiger partial charge in [0.2, 0.25) is 10.0 Å². The summed E-state index contributed by atoms with van der Waals surface area (Å²) in [5.41, 5.74) is 2.94. The Bertz CT molecular complexity index is 648. The quantitative estimate of drug-likeness (QED) is 0.807. The van der Waals surface area contributed by atoms with E-state index in [2.05, 4.69) is 9.71 Å². The number of nitrogens with one attached hydrogen (secondary N) is 1. The first-order chi connectivity index (χ1) is 9.56. The minimum atomic E-state index is -3.58. The number of nitrogens with zero attached hydrogens (tertiary/aromatic N) is 2. The fraction of sp³-hybridized carbons (Fsp3) is 0.417. The van der Waals surface area contributed by atoms with E-state index in [9.17, 15) is 13.5 Å². The molecule has 6 nitrogen and oxygen atoms in total. The predicted octanol–water partition coefficient (Wildman–Crippen LogP) is 1.33. The maximum atomic E-state index is 12.2. The Labute approximate surface area is 122 Å². The Kier molecular flexibility index (Phi) is 4.92. The van der Waals surface area contributed by atoms with Crippen molar-refractivity contribution < 1.29 is 13.5 Å². The van der Waals surface area contributed by atoms with Gasteiger partial charge in [0.25, 0.3) is 0 Å². The maximum Gasteiger partial charge on any atom is 0.242 e. The molecule has 2 heterocycles. The molecule has 2 N–H and O–H groups in total. The van der Waals surface area contributed by atoms with Crippen LogP contribution in [0.15, 0.2) is 28.0 Å². The summed E-state index contributed by atoms with van der Waals surface area (Å²) in [5, 5.41) is 11.1. The molecule has 8 heteroatoms. The van der Waals surface area contributed by atoms with Crippen LogP contribution in [0.1, 0.15) is 24.7 Å². The summed E-state index contributed by atoms with van der Waals surface area (Å²) < 4.78 is 28.6. The second-order valence-corrected chi connectivity index (χ2v) is 6.81. The van der Waals surface area contributed by atoms with Crippen molar-refractivity contribution in [3.63, 3.8) is 0 Å². The van der Waals surface area contributed by atoms with Crippen LogP contribution in [0.5, 0.6) is 0 Å². The van der Waals surface area contributed by atoms with Crippen LogP contribution in [0.3, 0.4) is 0 Å². The fourth-order valence-corrected chi connectivity index (χ4v) is 3.45. The van der Waals surface area contributed by atoms with Crippen LogP contribution in [0.25, 0.3) is 0 Å². The number of aliphatic hydroxyl groups is 1. The van der Waals surface area contributed by atoms with Gasteiger partial charge in [0.1, 0.15) is 0 Å². The highest BCUT2D eigenvalue weighted by molar-refractivity contribution is 7.89. The first-order valence-corrected chi connectivity index (χ1v) is 8.66. The first-order valence-electron chi connectivity index (χ1n) is 6.23. The van der Waals surface area contributed by atoms with Crippen LogP contribution < -0.4 is 4.72 Å². The first kappa shape index (κ1) is 15.2. The molecule has 0 saturated carbocycles. The van der Waals surface area contributed by atoms with Gasteiger partial charge in [-0.3, -0.25) is 0 Å². The standard InChI is InChI=1S/C12H17N3O3S2/c1-2-3-15-6-12(4-11(15)7-16)20(17,18)14-5-10-8-19-9-13-10/h4,6,8-9,14,16H,2-3,5,7H2,1H3. The van der Waals surface area contributed by atoms with E-state index in [-0.39, 0.29) is 18.0 Å². The molecule has 2 aromatic heterocycles. The summed E-state index contributed by atoms with van der Waals surface area (Å²) in [4.78, 5) is 4.20. The molecule has 0 unspecified atom stereocenters. The van der Waals surface area contributed by atoms with Gasteiger partial charge in [0.15, 0.2) is 0 Å². The molecule has 2 aromatic rings. The van der Waals surface area contributed by atoms with Crippen LogP contribution in [0.4, 0.5) is 0 Å². The molecule has 0 radical (unpaired) electrons. The Morgan fingerprint density at radius 3 is 2.90 bits per heavy atom. The summed E-state index contributed by atoms with van der Waals surface area (Å²) in [6, 6.07) is 1.50. The molecule has 0 aromatic carbocycles. The van der Waals surface area contributed by atoms with E-state index in [4.69, 9.17) is 0 Å². The number of aromatic nitrogens is 2. The zero-order valence-corrected chi connectivity index (χ0v) is 12.7. The third-order valence-electron chi connectivity index (χ3n) is 2.82. The lowest BCUT2D eigenvalue weighted by Gasteiger charge is -2.04. The minimum absolute atomic E-state index is 0.166. The lowest BCUT2D eigenvalue weighted by Crippen LogP contribution is -2.23. The molecule has 20 heavy (non-hydrogen) atoms. The van der Waals surface area contributed by atoms with E-state index >= 15 is 0 Å². The van der Waals surface area contributed by atoms with Gasteiger partial charge in [0, 0.05) is 23.8 Å². The second-order valence-electron chi connectivity index (χ2n) is 4.32.